The number of phenolic OH excluding ortho intramolecular Hbond substituents is 2. The smallest absolute Gasteiger partial charge is 0.323 e. The summed E-state index contributed by atoms with van der Waals surface area (Å²) >= 11 is 0. The van der Waals surface area contributed by atoms with E-state index in [0.717, 1.165) is 0 Å². The number of carbonyl (C=O) groups is 1. The van der Waals surface area contributed by atoms with Gasteiger partial charge in [-0.25, -0.2) is 0 Å². The molecular formula is C19H23NO6. The Labute approximate surface area is 151 Å². The third kappa shape index (κ3) is 4.65. The Hall–Kier alpha value is -2.77. The van der Waals surface area contributed by atoms with Gasteiger partial charge < -0.3 is 30.5 Å². The average molecular weight is 361 g/mol. The molecule has 0 aliphatic carbocycles. The molecule has 0 aromatic heterocycles. The number of benzene rings is 2. The standard InChI is InChI=1S/C19H23NO6/c1-3-25-19(24)15(20)10-12-4-9-16(23)18(17(12)11(2)21)26-14-7-5-13(22)6-8-14/h4-9,11,15,21-23H,3,10,20H2,1-2H3. The van der Waals surface area contributed by atoms with Gasteiger partial charge in [-0.2, -0.15) is 0 Å². The summed E-state index contributed by atoms with van der Waals surface area (Å²) in [7, 11) is 0. The number of nitrogens with two attached hydrogens (primary N) is 1. The summed E-state index contributed by atoms with van der Waals surface area (Å²) < 4.78 is 10.6. The van der Waals surface area contributed by atoms with Crippen molar-refractivity contribution in [1.82, 2.24) is 0 Å². The van der Waals surface area contributed by atoms with E-state index in [4.69, 9.17) is 15.2 Å². The fourth-order valence-corrected chi connectivity index (χ4v) is 2.57. The molecule has 0 amide bonds. The van der Waals surface area contributed by atoms with Crippen molar-refractivity contribution in [2.45, 2.75) is 32.4 Å². The van der Waals surface area contributed by atoms with Crippen molar-refractivity contribution in [3.63, 3.8) is 0 Å². The maximum atomic E-state index is 11.8. The van der Waals surface area contributed by atoms with Crippen LogP contribution in [0.4, 0.5) is 0 Å². The van der Waals surface area contributed by atoms with Gasteiger partial charge in [0.1, 0.15) is 17.5 Å². The van der Waals surface area contributed by atoms with Gasteiger partial charge in [-0.15, -0.1) is 0 Å². The normalized spacial score (nSPS) is 13.1. The maximum Gasteiger partial charge on any atom is 0.323 e. The van der Waals surface area contributed by atoms with Crippen LogP contribution in [0.5, 0.6) is 23.0 Å². The molecule has 7 heteroatoms. The quantitative estimate of drug-likeness (QED) is 0.558. The molecule has 2 rings (SSSR count). The Morgan fingerprint density at radius 3 is 2.38 bits per heavy atom. The first-order chi connectivity index (χ1) is 12.3. The van der Waals surface area contributed by atoms with Crippen molar-refractivity contribution in [1.29, 1.82) is 0 Å². The van der Waals surface area contributed by atoms with Gasteiger partial charge in [-0.3, -0.25) is 4.79 Å². The first kappa shape index (κ1) is 19.6. The van der Waals surface area contributed by atoms with Crippen LogP contribution in [0.25, 0.3) is 0 Å². The summed E-state index contributed by atoms with van der Waals surface area (Å²) in [5.41, 5.74) is 6.77. The van der Waals surface area contributed by atoms with Crippen LogP contribution in [0, 0.1) is 0 Å². The molecule has 0 aliphatic rings. The van der Waals surface area contributed by atoms with Crippen LogP contribution in [0.3, 0.4) is 0 Å². The van der Waals surface area contributed by atoms with Crippen LogP contribution in [-0.4, -0.2) is 33.9 Å². The summed E-state index contributed by atoms with van der Waals surface area (Å²) in [5, 5.41) is 29.8. The van der Waals surface area contributed by atoms with Crippen molar-refractivity contribution >= 4 is 5.97 Å². The molecule has 2 aromatic carbocycles. The van der Waals surface area contributed by atoms with Gasteiger partial charge in [0.2, 0.25) is 0 Å². The number of aliphatic hydroxyl groups excluding tert-OH is 1. The van der Waals surface area contributed by atoms with Crippen LogP contribution in [-0.2, 0) is 16.0 Å². The molecule has 0 radical (unpaired) electrons. The molecule has 0 aliphatic heterocycles. The minimum atomic E-state index is -0.974. The van der Waals surface area contributed by atoms with Crippen molar-refractivity contribution < 1.29 is 29.6 Å². The third-order valence-corrected chi connectivity index (χ3v) is 3.77. The molecule has 0 fully saturated rings. The lowest BCUT2D eigenvalue weighted by molar-refractivity contribution is -0.144. The number of hydrogen-bond donors (Lipinski definition) is 4. The molecule has 0 saturated heterocycles. The average Bonchev–Trinajstić information content (AvgIpc) is 2.59. The maximum absolute atomic E-state index is 11.8. The highest BCUT2D eigenvalue weighted by atomic mass is 16.5. The molecule has 5 N–H and O–H groups in total. The predicted molar refractivity (Wildman–Crippen MR) is 95.2 cm³/mol. The SMILES string of the molecule is CCOC(=O)C(N)Cc1ccc(O)c(Oc2ccc(O)cc2)c1C(C)O. The number of carbonyl (C=O) groups excluding carboxylic acids is 1. The van der Waals surface area contributed by atoms with Crippen molar-refractivity contribution in [2.24, 2.45) is 5.73 Å². The van der Waals surface area contributed by atoms with Gasteiger partial charge in [0, 0.05) is 5.56 Å². The van der Waals surface area contributed by atoms with Gasteiger partial charge in [0.05, 0.1) is 12.7 Å². The Bertz CT molecular complexity index is 757. The first-order valence-electron chi connectivity index (χ1n) is 8.25. The number of hydrogen-bond acceptors (Lipinski definition) is 7. The van der Waals surface area contributed by atoms with E-state index in [1.165, 1.54) is 37.3 Å². The first-order valence-corrected chi connectivity index (χ1v) is 8.25. The lowest BCUT2D eigenvalue weighted by atomic mass is 9.96. The predicted octanol–water partition coefficient (Wildman–Crippen LogP) is 2.38. The van der Waals surface area contributed by atoms with Crippen molar-refractivity contribution in [2.75, 3.05) is 6.61 Å². The number of aliphatic hydroxyl groups is 1. The van der Waals surface area contributed by atoms with Gasteiger partial charge in [0.25, 0.3) is 0 Å². The molecule has 2 unspecified atom stereocenters. The summed E-state index contributed by atoms with van der Waals surface area (Å²) in [6.07, 6.45) is -0.857. The third-order valence-electron chi connectivity index (χ3n) is 3.77. The highest BCUT2D eigenvalue weighted by Gasteiger charge is 2.23. The van der Waals surface area contributed by atoms with E-state index in [-0.39, 0.29) is 30.3 Å². The summed E-state index contributed by atoms with van der Waals surface area (Å²) in [6, 6.07) is 8.02. The zero-order valence-electron chi connectivity index (χ0n) is 14.7. The molecule has 0 saturated carbocycles. The fraction of sp³-hybridized carbons (Fsp3) is 0.316. The number of esters is 1. The highest BCUT2D eigenvalue weighted by Crippen LogP contribution is 2.40. The van der Waals surface area contributed by atoms with E-state index in [1.807, 2.05) is 0 Å². The van der Waals surface area contributed by atoms with E-state index in [0.29, 0.717) is 16.9 Å². The summed E-state index contributed by atoms with van der Waals surface area (Å²) in [4.78, 5) is 11.8. The molecule has 7 nitrogen and oxygen atoms in total. The van der Waals surface area contributed by atoms with Gasteiger partial charge >= 0.3 is 5.97 Å². The Balaban J connectivity index is 2.38. The molecule has 26 heavy (non-hydrogen) atoms. The second-order valence-electron chi connectivity index (χ2n) is 5.82. The zero-order chi connectivity index (χ0) is 19.3. The monoisotopic (exact) mass is 361 g/mol. The van der Waals surface area contributed by atoms with E-state index in [9.17, 15) is 20.1 Å². The molecule has 0 spiro atoms. The number of aromatic hydroxyl groups is 2. The van der Waals surface area contributed by atoms with Gasteiger partial charge in [0.15, 0.2) is 11.5 Å². The topological polar surface area (TPSA) is 122 Å². The Kier molecular flexibility index (Phi) is 6.43. The molecule has 0 bridgehead atoms. The van der Waals surface area contributed by atoms with Crippen LogP contribution >= 0.6 is 0 Å². The fourth-order valence-electron chi connectivity index (χ4n) is 2.57. The highest BCUT2D eigenvalue weighted by molar-refractivity contribution is 5.76. The van der Waals surface area contributed by atoms with E-state index >= 15 is 0 Å². The lowest BCUT2D eigenvalue weighted by Gasteiger charge is -2.20. The molecule has 2 atom stereocenters. The number of phenols is 2. The second kappa shape index (κ2) is 8.55. The largest absolute Gasteiger partial charge is 0.508 e. The molecule has 0 heterocycles. The molecular weight excluding hydrogens is 338 g/mol. The van der Waals surface area contributed by atoms with E-state index in [1.54, 1.807) is 13.0 Å². The van der Waals surface area contributed by atoms with E-state index in [2.05, 4.69) is 0 Å². The Morgan fingerprint density at radius 1 is 1.15 bits per heavy atom. The lowest BCUT2D eigenvalue weighted by Crippen LogP contribution is -2.34. The van der Waals surface area contributed by atoms with Gasteiger partial charge in [-0.05, 0) is 56.2 Å². The molecule has 2 aromatic rings. The van der Waals surface area contributed by atoms with Crippen molar-refractivity contribution in [3.8, 4) is 23.0 Å². The van der Waals surface area contributed by atoms with Crippen LogP contribution in [0.2, 0.25) is 0 Å². The van der Waals surface area contributed by atoms with Crippen LogP contribution < -0.4 is 10.5 Å². The van der Waals surface area contributed by atoms with E-state index < -0.39 is 18.1 Å². The summed E-state index contributed by atoms with van der Waals surface area (Å²) in [5.74, 6) is -0.196. The second-order valence-corrected chi connectivity index (χ2v) is 5.82. The van der Waals surface area contributed by atoms with Crippen LogP contribution in [0.1, 0.15) is 31.1 Å². The minimum absolute atomic E-state index is 0.0687. The Morgan fingerprint density at radius 2 is 1.81 bits per heavy atom. The molecule has 140 valence electrons. The minimum Gasteiger partial charge on any atom is -0.508 e. The number of ether oxygens (including phenoxy) is 2. The van der Waals surface area contributed by atoms with Gasteiger partial charge in [-0.1, -0.05) is 6.07 Å². The van der Waals surface area contributed by atoms with Crippen molar-refractivity contribution in [3.05, 3.63) is 47.5 Å². The number of rotatable bonds is 7. The summed E-state index contributed by atoms with van der Waals surface area (Å²) in [6.45, 7) is 3.44. The van der Waals surface area contributed by atoms with Crippen LogP contribution in [0.15, 0.2) is 36.4 Å². The zero-order valence-corrected chi connectivity index (χ0v) is 14.7.